The zero-order chi connectivity index (χ0) is 12.5. The number of thiocarbonyl (C=S) groups is 1. The second kappa shape index (κ2) is 4.41. The van der Waals surface area contributed by atoms with Crippen LogP contribution in [0.2, 0.25) is 0 Å². The molecule has 0 saturated heterocycles. The second-order valence-corrected chi connectivity index (χ2v) is 4.88. The molecule has 0 radical (unpaired) electrons. The summed E-state index contributed by atoms with van der Waals surface area (Å²) in [6, 6.07) is 3.68. The molecule has 0 atom stereocenters. The van der Waals surface area contributed by atoms with Gasteiger partial charge in [0.2, 0.25) is 5.91 Å². The Bertz CT molecular complexity index is 451. The minimum Gasteiger partial charge on any atom is -0.392 e. The van der Waals surface area contributed by atoms with E-state index in [1.165, 1.54) is 0 Å². The van der Waals surface area contributed by atoms with Gasteiger partial charge < -0.3 is 11.1 Å². The smallest absolute Gasteiger partial charge is 0.237 e. The number of amides is 1. The molecule has 1 aromatic rings. The van der Waals surface area contributed by atoms with Gasteiger partial charge >= 0.3 is 0 Å². The van der Waals surface area contributed by atoms with Gasteiger partial charge in [0.05, 0.1) is 22.3 Å². The van der Waals surface area contributed by atoms with Gasteiger partial charge in [-0.15, -0.1) is 0 Å². The largest absolute Gasteiger partial charge is 0.392 e. The predicted molar refractivity (Wildman–Crippen MR) is 70.7 cm³/mol. The van der Waals surface area contributed by atoms with Gasteiger partial charge in [-0.05, 0) is 31.9 Å². The highest BCUT2D eigenvalue weighted by Crippen LogP contribution is 2.42. The standard InChI is InChI=1S/C12H15N3OS/c1-8-3-4-9(7-14-8)15-11(16)12(10(13)17)5-2-6-12/h3-4,7H,2,5-6H2,1H3,(H2,13,17)(H,15,16). The fraction of sp³-hybridized carbons (Fsp3) is 0.417. The lowest BCUT2D eigenvalue weighted by Crippen LogP contribution is -2.50. The van der Waals surface area contributed by atoms with Crippen LogP contribution < -0.4 is 11.1 Å². The van der Waals surface area contributed by atoms with Crippen LogP contribution in [-0.2, 0) is 4.79 Å². The van der Waals surface area contributed by atoms with Gasteiger partial charge in [0.1, 0.15) is 0 Å². The normalized spacial score (nSPS) is 17.0. The molecule has 3 N–H and O–H groups in total. The third-order valence-electron chi connectivity index (χ3n) is 3.28. The Hall–Kier alpha value is -1.49. The number of hydrogen-bond donors (Lipinski definition) is 2. The highest BCUT2D eigenvalue weighted by atomic mass is 32.1. The Morgan fingerprint density at radius 1 is 1.53 bits per heavy atom. The number of carbonyl (C=O) groups is 1. The first-order valence-corrected chi connectivity index (χ1v) is 5.99. The lowest BCUT2D eigenvalue weighted by Gasteiger charge is -2.38. The van der Waals surface area contributed by atoms with Gasteiger partial charge in [-0.3, -0.25) is 9.78 Å². The molecule has 1 saturated carbocycles. The van der Waals surface area contributed by atoms with Gasteiger partial charge in [0, 0.05) is 5.69 Å². The molecule has 2 rings (SSSR count). The number of nitrogens with one attached hydrogen (secondary N) is 1. The van der Waals surface area contributed by atoms with E-state index in [9.17, 15) is 4.79 Å². The van der Waals surface area contributed by atoms with Crippen LogP contribution in [0.1, 0.15) is 25.0 Å². The number of nitrogens with two attached hydrogens (primary N) is 1. The molecule has 1 amide bonds. The Morgan fingerprint density at radius 2 is 2.24 bits per heavy atom. The van der Waals surface area contributed by atoms with E-state index in [1.54, 1.807) is 6.20 Å². The number of hydrogen-bond acceptors (Lipinski definition) is 3. The Labute approximate surface area is 106 Å². The zero-order valence-electron chi connectivity index (χ0n) is 9.69. The minimum absolute atomic E-state index is 0.109. The van der Waals surface area contributed by atoms with E-state index in [2.05, 4.69) is 10.3 Å². The molecule has 0 aromatic carbocycles. The summed E-state index contributed by atoms with van der Waals surface area (Å²) in [6.07, 6.45) is 4.12. The quantitative estimate of drug-likeness (QED) is 0.801. The molecule has 0 aliphatic heterocycles. The molecule has 0 spiro atoms. The van der Waals surface area contributed by atoms with Gasteiger partial charge in [-0.1, -0.05) is 18.6 Å². The van der Waals surface area contributed by atoms with Crippen LogP contribution in [0.5, 0.6) is 0 Å². The SMILES string of the molecule is Cc1ccc(NC(=O)C2(C(N)=S)CCC2)cn1. The molecule has 90 valence electrons. The predicted octanol–water partition coefficient (Wildman–Crippen LogP) is 1.78. The van der Waals surface area contributed by atoms with Crippen molar-refractivity contribution in [2.24, 2.45) is 11.1 Å². The molecule has 4 nitrogen and oxygen atoms in total. The van der Waals surface area contributed by atoms with Crippen molar-refractivity contribution in [1.29, 1.82) is 0 Å². The average Bonchev–Trinajstić information content (AvgIpc) is 2.19. The van der Waals surface area contributed by atoms with Crippen LogP contribution in [0.15, 0.2) is 18.3 Å². The summed E-state index contributed by atoms with van der Waals surface area (Å²) in [5.74, 6) is -0.109. The molecule has 1 aromatic heterocycles. The number of carbonyl (C=O) groups excluding carboxylic acids is 1. The van der Waals surface area contributed by atoms with E-state index in [-0.39, 0.29) is 5.91 Å². The van der Waals surface area contributed by atoms with E-state index >= 15 is 0 Å². The van der Waals surface area contributed by atoms with E-state index in [1.807, 2.05) is 19.1 Å². The summed E-state index contributed by atoms with van der Waals surface area (Å²) in [4.78, 5) is 16.6. The van der Waals surface area contributed by atoms with Crippen molar-refractivity contribution in [3.05, 3.63) is 24.0 Å². The molecule has 1 heterocycles. The molecule has 1 fully saturated rings. The molecular formula is C12H15N3OS. The molecule has 17 heavy (non-hydrogen) atoms. The average molecular weight is 249 g/mol. The summed E-state index contributed by atoms with van der Waals surface area (Å²) in [7, 11) is 0. The minimum atomic E-state index is -0.639. The maximum absolute atomic E-state index is 12.1. The van der Waals surface area contributed by atoms with Crippen molar-refractivity contribution in [2.75, 3.05) is 5.32 Å². The maximum Gasteiger partial charge on any atom is 0.237 e. The Kier molecular flexibility index (Phi) is 3.11. The lowest BCUT2D eigenvalue weighted by atomic mass is 9.68. The summed E-state index contributed by atoms with van der Waals surface area (Å²) >= 11 is 5.00. The fourth-order valence-corrected chi connectivity index (χ4v) is 2.20. The highest BCUT2D eigenvalue weighted by Gasteiger charge is 2.46. The van der Waals surface area contributed by atoms with Crippen LogP contribution in [0.3, 0.4) is 0 Å². The van der Waals surface area contributed by atoms with E-state index in [0.29, 0.717) is 10.7 Å². The monoisotopic (exact) mass is 249 g/mol. The summed E-state index contributed by atoms with van der Waals surface area (Å²) < 4.78 is 0. The summed E-state index contributed by atoms with van der Waals surface area (Å²) in [5, 5.41) is 2.82. The van der Waals surface area contributed by atoms with Crippen LogP contribution >= 0.6 is 12.2 Å². The van der Waals surface area contributed by atoms with Gasteiger partial charge in [-0.25, -0.2) is 0 Å². The van der Waals surface area contributed by atoms with Crippen LogP contribution in [0.25, 0.3) is 0 Å². The number of aromatic nitrogens is 1. The van der Waals surface area contributed by atoms with Crippen LogP contribution in [0.4, 0.5) is 5.69 Å². The first-order chi connectivity index (χ1) is 8.04. The maximum atomic E-state index is 12.1. The number of nitrogens with zero attached hydrogens (tertiary/aromatic N) is 1. The topological polar surface area (TPSA) is 68.0 Å². The molecule has 1 aliphatic rings. The van der Waals surface area contributed by atoms with Gasteiger partial charge in [0.15, 0.2) is 0 Å². The van der Waals surface area contributed by atoms with Crippen molar-refractivity contribution in [2.45, 2.75) is 26.2 Å². The van der Waals surface area contributed by atoms with Crippen molar-refractivity contribution >= 4 is 28.8 Å². The molecule has 5 heteroatoms. The lowest BCUT2D eigenvalue weighted by molar-refractivity contribution is -0.125. The number of aryl methyl sites for hydroxylation is 1. The second-order valence-electron chi connectivity index (χ2n) is 4.44. The Balaban J connectivity index is 2.11. The molecule has 1 aliphatic carbocycles. The summed E-state index contributed by atoms with van der Waals surface area (Å²) in [5.41, 5.74) is 6.62. The van der Waals surface area contributed by atoms with Crippen molar-refractivity contribution in [1.82, 2.24) is 4.98 Å². The molecule has 0 unspecified atom stereocenters. The van der Waals surface area contributed by atoms with Gasteiger partial charge in [0.25, 0.3) is 0 Å². The van der Waals surface area contributed by atoms with Crippen molar-refractivity contribution in [3.63, 3.8) is 0 Å². The first kappa shape index (κ1) is 12.0. The Morgan fingerprint density at radius 3 is 2.65 bits per heavy atom. The number of anilines is 1. The summed E-state index contributed by atoms with van der Waals surface area (Å²) in [6.45, 7) is 1.90. The van der Waals surface area contributed by atoms with Crippen molar-refractivity contribution in [3.8, 4) is 0 Å². The zero-order valence-corrected chi connectivity index (χ0v) is 10.5. The first-order valence-electron chi connectivity index (χ1n) is 5.59. The third kappa shape index (κ3) is 2.15. The van der Waals surface area contributed by atoms with Crippen molar-refractivity contribution < 1.29 is 4.79 Å². The molecular weight excluding hydrogens is 234 g/mol. The van der Waals surface area contributed by atoms with Crippen LogP contribution in [0, 0.1) is 12.3 Å². The van der Waals surface area contributed by atoms with E-state index in [0.717, 1.165) is 25.0 Å². The number of rotatable bonds is 3. The van der Waals surface area contributed by atoms with E-state index in [4.69, 9.17) is 18.0 Å². The molecule has 0 bridgehead atoms. The third-order valence-corrected chi connectivity index (χ3v) is 3.67. The van der Waals surface area contributed by atoms with Crippen LogP contribution in [-0.4, -0.2) is 15.9 Å². The fourth-order valence-electron chi connectivity index (χ4n) is 1.91. The highest BCUT2D eigenvalue weighted by molar-refractivity contribution is 7.80. The van der Waals surface area contributed by atoms with Gasteiger partial charge in [-0.2, -0.15) is 0 Å². The number of pyridine rings is 1. The van der Waals surface area contributed by atoms with E-state index < -0.39 is 5.41 Å².